The topological polar surface area (TPSA) is 26.8 Å². The maximum absolute atomic E-state index is 14.0. The van der Waals surface area contributed by atoms with Gasteiger partial charge in [-0.25, -0.2) is 4.39 Å². The number of halogens is 1. The van der Waals surface area contributed by atoms with Gasteiger partial charge in [-0.3, -0.25) is 4.79 Å². The maximum Gasteiger partial charge on any atom is 0.225 e. The molecule has 2 heterocycles. The van der Waals surface area contributed by atoms with Gasteiger partial charge in [0.1, 0.15) is 5.82 Å². The molecule has 0 N–H and O–H groups in total. The van der Waals surface area contributed by atoms with E-state index >= 15 is 0 Å². The highest BCUT2D eigenvalue weighted by atomic mass is 19.1. The maximum atomic E-state index is 14.0. The Balaban J connectivity index is 1.22. The summed E-state index contributed by atoms with van der Waals surface area (Å²) in [5, 5.41) is 0. The summed E-state index contributed by atoms with van der Waals surface area (Å²) >= 11 is 0. The second-order valence-corrected chi connectivity index (χ2v) is 8.84. The van der Waals surface area contributed by atoms with Crippen LogP contribution in [0.5, 0.6) is 0 Å². The van der Waals surface area contributed by atoms with Crippen LogP contribution in [0.2, 0.25) is 0 Å². The van der Waals surface area contributed by atoms with Crippen molar-refractivity contribution in [3.05, 3.63) is 30.1 Å². The number of benzene rings is 1. The number of hydrogen-bond donors (Lipinski definition) is 0. The van der Waals surface area contributed by atoms with Crippen molar-refractivity contribution in [3.63, 3.8) is 0 Å². The Morgan fingerprint density at radius 2 is 1.57 bits per heavy atom. The average molecular weight is 388 g/mol. The normalized spacial score (nSPS) is 23.2. The third kappa shape index (κ3) is 4.68. The molecule has 0 atom stereocenters. The fourth-order valence-electron chi connectivity index (χ4n) is 5.23. The van der Waals surface area contributed by atoms with E-state index in [9.17, 15) is 9.18 Å². The van der Waals surface area contributed by atoms with Crippen LogP contribution in [0.1, 0.15) is 44.9 Å². The van der Waals surface area contributed by atoms with Gasteiger partial charge in [0.25, 0.3) is 0 Å². The molecule has 0 spiro atoms. The number of carbonyl (C=O) groups is 1. The highest BCUT2D eigenvalue weighted by Gasteiger charge is 2.31. The first-order valence-corrected chi connectivity index (χ1v) is 11.2. The Kier molecular flexibility index (Phi) is 6.50. The lowest BCUT2D eigenvalue weighted by Gasteiger charge is -2.40. The zero-order chi connectivity index (χ0) is 19.3. The third-order valence-electron chi connectivity index (χ3n) is 6.96. The lowest BCUT2D eigenvalue weighted by molar-refractivity contribution is -0.137. The van der Waals surface area contributed by atoms with Crippen molar-refractivity contribution in [3.8, 4) is 0 Å². The van der Waals surface area contributed by atoms with Crippen LogP contribution in [0.25, 0.3) is 0 Å². The molecule has 4 nitrogen and oxygen atoms in total. The van der Waals surface area contributed by atoms with Crippen molar-refractivity contribution < 1.29 is 9.18 Å². The molecule has 0 aromatic heterocycles. The van der Waals surface area contributed by atoms with Crippen LogP contribution in [0.4, 0.5) is 10.1 Å². The minimum atomic E-state index is -0.174. The molecule has 1 saturated carbocycles. The fourth-order valence-corrected chi connectivity index (χ4v) is 5.23. The highest BCUT2D eigenvalue weighted by Crippen LogP contribution is 2.27. The number of piperidine rings is 1. The Bertz CT molecular complexity index is 645. The molecule has 1 amide bonds. The van der Waals surface area contributed by atoms with Gasteiger partial charge in [-0.05, 0) is 56.8 Å². The molecule has 2 aliphatic heterocycles. The summed E-state index contributed by atoms with van der Waals surface area (Å²) in [4.78, 5) is 19.6. The molecule has 0 bridgehead atoms. The largest absolute Gasteiger partial charge is 0.366 e. The number of para-hydroxylation sites is 1. The van der Waals surface area contributed by atoms with Gasteiger partial charge in [0.2, 0.25) is 5.91 Å². The molecule has 1 aromatic carbocycles. The van der Waals surface area contributed by atoms with Crippen molar-refractivity contribution in [2.24, 2.45) is 11.8 Å². The van der Waals surface area contributed by atoms with Gasteiger partial charge in [-0.1, -0.05) is 31.4 Å². The zero-order valence-electron chi connectivity index (χ0n) is 17.0. The van der Waals surface area contributed by atoms with Gasteiger partial charge in [0, 0.05) is 38.6 Å². The van der Waals surface area contributed by atoms with E-state index in [1.807, 2.05) is 17.0 Å². The van der Waals surface area contributed by atoms with E-state index in [1.54, 1.807) is 6.07 Å². The highest BCUT2D eigenvalue weighted by molar-refractivity contribution is 5.79. The van der Waals surface area contributed by atoms with E-state index in [-0.39, 0.29) is 11.7 Å². The van der Waals surface area contributed by atoms with Crippen molar-refractivity contribution in [2.45, 2.75) is 44.9 Å². The summed E-state index contributed by atoms with van der Waals surface area (Å²) in [6.45, 7) is 6.22. The second-order valence-electron chi connectivity index (χ2n) is 8.84. The number of hydrogen-bond acceptors (Lipinski definition) is 3. The number of amides is 1. The Labute approximate surface area is 168 Å². The van der Waals surface area contributed by atoms with Gasteiger partial charge < -0.3 is 14.7 Å². The number of piperazine rings is 1. The molecule has 0 unspecified atom stereocenters. The van der Waals surface area contributed by atoms with E-state index in [4.69, 9.17) is 0 Å². The van der Waals surface area contributed by atoms with Crippen molar-refractivity contribution in [2.75, 3.05) is 50.7 Å². The standard InChI is InChI=1S/C23H34FN3O/c24-21-8-4-5-9-22(21)26-14-16-27(17-15-26)23(28)20-10-12-25(13-11-20)18-19-6-2-1-3-7-19/h4-5,8-9,19-20H,1-3,6-7,10-18H2. The SMILES string of the molecule is O=C(C1CCN(CC2CCCCC2)CC1)N1CCN(c2ccccc2F)CC1. The van der Waals surface area contributed by atoms with Crippen molar-refractivity contribution in [1.82, 2.24) is 9.80 Å². The number of carbonyl (C=O) groups excluding carboxylic acids is 1. The molecule has 1 aliphatic carbocycles. The minimum Gasteiger partial charge on any atom is -0.366 e. The Morgan fingerprint density at radius 3 is 2.25 bits per heavy atom. The Morgan fingerprint density at radius 1 is 0.893 bits per heavy atom. The van der Waals surface area contributed by atoms with E-state index < -0.39 is 0 Å². The molecule has 1 aromatic rings. The van der Waals surface area contributed by atoms with Gasteiger partial charge in [-0.2, -0.15) is 0 Å². The van der Waals surface area contributed by atoms with Gasteiger partial charge in [0.05, 0.1) is 5.69 Å². The van der Waals surface area contributed by atoms with Crippen LogP contribution in [0.3, 0.4) is 0 Å². The van der Waals surface area contributed by atoms with Crippen LogP contribution in [-0.4, -0.2) is 61.5 Å². The van der Waals surface area contributed by atoms with Gasteiger partial charge in [-0.15, -0.1) is 0 Å². The molecule has 4 rings (SSSR count). The van der Waals surface area contributed by atoms with Crippen LogP contribution >= 0.6 is 0 Å². The molecule has 28 heavy (non-hydrogen) atoms. The summed E-state index contributed by atoms with van der Waals surface area (Å²) in [5.74, 6) is 1.22. The van der Waals surface area contributed by atoms with Crippen LogP contribution in [-0.2, 0) is 4.79 Å². The first-order chi connectivity index (χ1) is 13.7. The summed E-state index contributed by atoms with van der Waals surface area (Å²) in [6, 6.07) is 6.93. The molecular weight excluding hydrogens is 353 g/mol. The molecule has 5 heteroatoms. The molecule has 0 radical (unpaired) electrons. The first-order valence-electron chi connectivity index (χ1n) is 11.2. The molecule has 154 valence electrons. The van der Waals surface area contributed by atoms with Gasteiger partial charge >= 0.3 is 0 Å². The predicted molar refractivity (Wildman–Crippen MR) is 111 cm³/mol. The minimum absolute atomic E-state index is 0.174. The first kappa shape index (κ1) is 19.7. The zero-order valence-corrected chi connectivity index (χ0v) is 17.0. The number of anilines is 1. The van der Waals surface area contributed by atoms with E-state index in [0.29, 0.717) is 37.8 Å². The smallest absolute Gasteiger partial charge is 0.225 e. The van der Waals surface area contributed by atoms with Crippen LogP contribution < -0.4 is 4.90 Å². The Hall–Kier alpha value is -1.62. The third-order valence-corrected chi connectivity index (χ3v) is 6.96. The molecule has 2 saturated heterocycles. The summed E-state index contributed by atoms with van der Waals surface area (Å²) < 4.78 is 14.0. The van der Waals surface area contributed by atoms with Crippen LogP contribution in [0.15, 0.2) is 24.3 Å². The van der Waals surface area contributed by atoms with Crippen LogP contribution in [0, 0.1) is 17.7 Å². The quantitative estimate of drug-likeness (QED) is 0.787. The van der Waals surface area contributed by atoms with E-state index in [0.717, 1.165) is 31.8 Å². The lowest BCUT2D eigenvalue weighted by atomic mass is 9.87. The molecular formula is C23H34FN3O. The fraction of sp³-hybridized carbons (Fsp3) is 0.696. The second kappa shape index (κ2) is 9.25. The number of rotatable bonds is 4. The van der Waals surface area contributed by atoms with Crippen molar-refractivity contribution >= 4 is 11.6 Å². The predicted octanol–water partition coefficient (Wildman–Crippen LogP) is 3.77. The molecule has 3 fully saturated rings. The summed E-state index contributed by atoms with van der Waals surface area (Å²) in [5.41, 5.74) is 0.658. The number of nitrogens with zero attached hydrogens (tertiary/aromatic N) is 3. The summed E-state index contributed by atoms with van der Waals surface area (Å²) in [7, 11) is 0. The van der Waals surface area contributed by atoms with Gasteiger partial charge in [0.15, 0.2) is 0 Å². The average Bonchev–Trinajstić information content (AvgIpc) is 2.75. The number of likely N-dealkylation sites (tertiary alicyclic amines) is 1. The molecule has 3 aliphatic rings. The van der Waals surface area contributed by atoms with Crippen molar-refractivity contribution in [1.29, 1.82) is 0 Å². The lowest BCUT2D eigenvalue weighted by Crippen LogP contribution is -2.52. The summed E-state index contributed by atoms with van der Waals surface area (Å²) in [6.07, 6.45) is 9.00. The van der Waals surface area contributed by atoms with E-state index in [1.165, 1.54) is 44.7 Å². The van der Waals surface area contributed by atoms with E-state index in [2.05, 4.69) is 9.80 Å². The monoisotopic (exact) mass is 387 g/mol.